The number of carbonyl (C=O) groups is 3. The molecule has 0 aliphatic rings. The summed E-state index contributed by atoms with van der Waals surface area (Å²) >= 11 is 0. The Hall–Kier alpha value is -4.33. The van der Waals surface area contributed by atoms with E-state index in [4.69, 9.17) is 14.6 Å². The first-order valence-corrected chi connectivity index (χ1v) is 12.1. The van der Waals surface area contributed by atoms with Crippen LogP contribution in [0, 0.1) is 6.92 Å². The summed E-state index contributed by atoms with van der Waals surface area (Å²) in [6, 6.07) is 19.6. The molecule has 8 nitrogen and oxygen atoms in total. The lowest BCUT2D eigenvalue weighted by atomic mass is 10.1. The van der Waals surface area contributed by atoms with Gasteiger partial charge in [-0.2, -0.15) is 0 Å². The molecular formula is C29H32N2O6. The number of aliphatic carboxylic acids is 1. The minimum Gasteiger partial charge on any atom is -0.496 e. The summed E-state index contributed by atoms with van der Waals surface area (Å²) in [6.45, 7) is 2.68. The van der Waals surface area contributed by atoms with Crippen LogP contribution in [0.15, 0.2) is 66.7 Å². The number of carboxylic acids is 1. The summed E-state index contributed by atoms with van der Waals surface area (Å²) in [4.78, 5) is 36.0. The molecule has 0 aliphatic carbocycles. The number of benzene rings is 3. The molecule has 0 atom stereocenters. The van der Waals surface area contributed by atoms with Crippen molar-refractivity contribution >= 4 is 23.5 Å². The summed E-state index contributed by atoms with van der Waals surface area (Å²) < 4.78 is 11.1. The Morgan fingerprint density at radius 3 is 2.35 bits per heavy atom. The lowest BCUT2D eigenvalue weighted by Gasteiger charge is -2.14. The molecule has 0 fully saturated rings. The first-order valence-electron chi connectivity index (χ1n) is 12.1. The van der Waals surface area contributed by atoms with E-state index in [1.807, 2.05) is 19.1 Å². The van der Waals surface area contributed by atoms with Crippen LogP contribution in [0.2, 0.25) is 0 Å². The smallest absolute Gasteiger partial charge is 0.303 e. The number of anilines is 1. The highest BCUT2D eigenvalue weighted by Gasteiger charge is 2.13. The molecule has 3 aromatic rings. The van der Waals surface area contributed by atoms with Gasteiger partial charge in [0.15, 0.2) is 0 Å². The van der Waals surface area contributed by atoms with Crippen LogP contribution in [0.3, 0.4) is 0 Å². The number of carbonyl (C=O) groups excluding carboxylic acids is 2. The van der Waals surface area contributed by atoms with E-state index >= 15 is 0 Å². The van der Waals surface area contributed by atoms with Crippen molar-refractivity contribution in [1.29, 1.82) is 0 Å². The second-order valence-electron chi connectivity index (χ2n) is 8.59. The zero-order valence-electron chi connectivity index (χ0n) is 21.1. The number of hydrogen-bond acceptors (Lipinski definition) is 5. The van der Waals surface area contributed by atoms with Gasteiger partial charge in [-0.25, -0.2) is 0 Å². The van der Waals surface area contributed by atoms with E-state index in [9.17, 15) is 14.4 Å². The summed E-state index contributed by atoms with van der Waals surface area (Å²) in [5.41, 5.74) is 3.34. The van der Waals surface area contributed by atoms with E-state index in [0.717, 1.165) is 24.0 Å². The Labute approximate surface area is 216 Å². The van der Waals surface area contributed by atoms with Crippen LogP contribution in [0.1, 0.15) is 57.5 Å². The molecule has 194 valence electrons. The molecule has 0 unspecified atom stereocenters. The second kappa shape index (κ2) is 13.7. The molecule has 0 aliphatic heterocycles. The van der Waals surface area contributed by atoms with E-state index in [0.29, 0.717) is 47.9 Å². The SMILES string of the molecule is COc1ccccc1C(=O)NCc1ccc(C(=O)Nc2ccc(C)cc2OCCCCCC(=O)O)cc1. The Morgan fingerprint density at radius 1 is 0.865 bits per heavy atom. The first-order chi connectivity index (χ1) is 17.9. The van der Waals surface area contributed by atoms with E-state index in [-0.39, 0.29) is 18.2 Å². The number of amides is 2. The van der Waals surface area contributed by atoms with Gasteiger partial charge in [-0.15, -0.1) is 0 Å². The minimum absolute atomic E-state index is 0.151. The van der Waals surface area contributed by atoms with Crippen LogP contribution >= 0.6 is 0 Å². The highest BCUT2D eigenvalue weighted by Crippen LogP contribution is 2.27. The maximum Gasteiger partial charge on any atom is 0.303 e. The highest BCUT2D eigenvalue weighted by atomic mass is 16.5. The predicted molar refractivity (Wildman–Crippen MR) is 141 cm³/mol. The van der Waals surface area contributed by atoms with Gasteiger partial charge in [-0.1, -0.05) is 30.3 Å². The zero-order valence-corrected chi connectivity index (χ0v) is 21.1. The van der Waals surface area contributed by atoms with Gasteiger partial charge in [-0.05, 0) is 73.7 Å². The lowest BCUT2D eigenvalue weighted by molar-refractivity contribution is -0.137. The lowest BCUT2D eigenvalue weighted by Crippen LogP contribution is -2.23. The molecule has 0 saturated carbocycles. The van der Waals surface area contributed by atoms with Crippen molar-refractivity contribution in [1.82, 2.24) is 5.32 Å². The van der Waals surface area contributed by atoms with Gasteiger partial charge in [0, 0.05) is 18.5 Å². The molecule has 0 aromatic heterocycles. The fraction of sp³-hybridized carbons (Fsp3) is 0.276. The number of methoxy groups -OCH3 is 1. The number of hydrogen-bond donors (Lipinski definition) is 3. The summed E-state index contributed by atoms with van der Waals surface area (Å²) in [5, 5.41) is 14.5. The number of para-hydroxylation sites is 1. The summed E-state index contributed by atoms with van der Waals surface area (Å²) in [5.74, 6) is -0.241. The van der Waals surface area contributed by atoms with Crippen LogP contribution in [0.5, 0.6) is 11.5 Å². The van der Waals surface area contributed by atoms with E-state index in [1.54, 1.807) is 54.6 Å². The first kappa shape index (κ1) is 27.3. The van der Waals surface area contributed by atoms with Gasteiger partial charge in [0.2, 0.25) is 0 Å². The van der Waals surface area contributed by atoms with Crippen molar-refractivity contribution < 1.29 is 29.0 Å². The minimum atomic E-state index is -0.796. The molecule has 3 aromatic carbocycles. The Bertz CT molecular complexity index is 1220. The molecule has 0 spiro atoms. The Morgan fingerprint density at radius 2 is 1.62 bits per heavy atom. The molecule has 37 heavy (non-hydrogen) atoms. The highest BCUT2D eigenvalue weighted by molar-refractivity contribution is 6.05. The van der Waals surface area contributed by atoms with Crippen molar-refractivity contribution in [3.63, 3.8) is 0 Å². The van der Waals surface area contributed by atoms with Gasteiger partial charge in [0.25, 0.3) is 11.8 Å². The van der Waals surface area contributed by atoms with Crippen LogP contribution in [-0.4, -0.2) is 36.6 Å². The van der Waals surface area contributed by atoms with Crippen LogP contribution in [-0.2, 0) is 11.3 Å². The van der Waals surface area contributed by atoms with Gasteiger partial charge in [0.05, 0.1) is 25.0 Å². The zero-order chi connectivity index (χ0) is 26.6. The van der Waals surface area contributed by atoms with Crippen molar-refractivity contribution in [2.45, 2.75) is 39.2 Å². The molecule has 8 heteroatoms. The average molecular weight is 505 g/mol. The summed E-state index contributed by atoms with van der Waals surface area (Å²) in [7, 11) is 1.52. The molecule has 3 rings (SSSR count). The normalized spacial score (nSPS) is 10.4. The standard InChI is InChI=1S/C29H32N2O6/c1-20-11-16-24(26(18-20)37-17-7-3-4-10-27(32)33)31-28(34)22-14-12-21(13-15-22)19-30-29(35)23-8-5-6-9-25(23)36-2/h5-6,8-9,11-16,18H,3-4,7,10,17,19H2,1-2H3,(H,30,35)(H,31,34)(H,32,33). The van der Waals surface area contributed by atoms with Gasteiger partial charge >= 0.3 is 5.97 Å². The number of carboxylic acid groups (broad SMARTS) is 1. The third-order valence-electron chi connectivity index (χ3n) is 5.70. The molecule has 3 N–H and O–H groups in total. The Kier molecular flexibility index (Phi) is 10.1. The van der Waals surface area contributed by atoms with Crippen LogP contribution in [0.4, 0.5) is 5.69 Å². The van der Waals surface area contributed by atoms with Crippen molar-refractivity contribution in [2.75, 3.05) is 19.0 Å². The van der Waals surface area contributed by atoms with Crippen molar-refractivity contribution in [2.24, 2.45) is 0 Å². The van der Waals surface area contributed by atoms with E-state index in [2.05, 4.69) is 10.6 Å². The molecule has 0 heterocycles. The summed E-state index contributed by atoms with van der Waals surface area (Å²) in [6.07, 6.45) is 2.24. The van der Waals surface area contributed by atoms with Gasteiger partial charge in [0.1, 0.15) is 11.5 Å². The molecule has 0 radical (unpaired) electrons. The van der Waals surface area contributed by atoms with Gasteiger partial charge < -0.3 is 25.2 Å². The molecule has 0 saturated heterocycles. The topological polar surface area (TPSA) is 114 Å². The van der Waals surface area contributed by atoms with Crippen LogP contribution < -0.4 is 20.1 Å². The predicted octanol–water partition coefficient (Wildman–Crippen LogP) is 5.21. The number of nitrogens with one attached hydrogen (secondary N) is 2. The molecule has 0 bridgehead atoms. The van der Waals surface area contributed by atoms with Crippen molar-refractivity contribution in [3.8, 4) is 11.5 Å². The molecular weight excluding hydrogens is 472 g/mol. The number of aryl methyl sites for hydroxylation is 1. The van der Waals surface area contributed by atoms with E-state index in [1.165, 1.54) is 7.11 Å². The monoisotopic (exact) mass is 504 g/mol. The number of ether oxygens (including phenoxy) is 2. The third kappa shape index (κ3) is 8.38. The third-order valence-corrected chi connectivity index (χ3v) is 5.70. The fourth-order valence-corrected chi connectivity index (χ4v) is 3.67. The fourth-order valence-electron chi connectivity index (χ4n) is 3.67. The van der Waals surface area contributed by atoms with E-state index < -0.39 is 5.97 Å². The largest absolute Gasteiger partial charge is 0.496 e. The van der Waals surface area contributed by atoms with Gasteiger partial charge in [-0.3, -0.25) is 14.4 Å². The Balaban J connectivity index is 1.55. The maximum atomic E-state index is 12.9. The number of unbranched alkanes of at least 4 members (excludes halogenated alkanes) is 2. The maximum absolute atomic E-state index is 12.9. The molecule has 2 amide bonds. The average Bonchev–Trinajstić information content (AvgIpc) is 2.90. The van der Waals surface area contributed by atoms with Crippen molar-refractivity contribution in [3.05, 3.63) is 89.0 Å². The number of rotatable bonds is 13. The quantitative estimate of drug-likeness (QED) is 0.275. The van der Waals surface area contributed by atoms with Crippen LogP contribution in [0.25, 0.3) is 0 Å². The second-order valence-corrected chi connectivity index (χ2v) is 8.59.